The molecule has 0 atom stereocenters. The topological polar surface area (TPSA) is 76.3 Å². The fraction of sp³-hybridized carbons (Fsp3) is 0.267. The lowest BCUT2D eigenvalue weighted by Gasteiger charge is -2.30. The summed E-state index contributed by atoms with van der Waals surface area (Å²) < 4.78 is 27.1. The average Bonchev–Trinajstić information content (AvgIpc) is 2.46. The molecule has 1 aromatic carbocycles. The van der Waals surface area contributed by atoms with E-state index in [1.54, 1.807) is 12.1 Å². The Hall–Kier alpha value is -2.08. The number of nitrogen functional groups attached to an aromatic ring is 1. The van der Waals surface area contributed by atoms with Gasteiger partial charge in [0.25, 0.3) is 10.0 Å². The molecular weight excluding hydrogens is 286 g/mol. The van der Waals surface area contributed by atoms with Gasteiger partial charge in [-0.3, -0.25) is 4.31 Å². The van der Waals surface area contributed by atoms with Gasteiger partial charge in [0.1, 0.15) is 0 Å². The highest BCUT2D eigenvalue weighted by Crippen LogP contribution is 2.33. The number of aromatic nitrogens is 1. The zero-order valence-corrected chi connectivity index (χ0v) is 12.6. The molecule has 0 spiro atoms. The summed E-state index contributed by atoms with van der Waals surface area (Å²) >= 11 is 0. The minimum Gasteiger partial charge on any atom is -0.396 e. The Morgan fingerprint density at radius 1 is 1.29 bits per heavy atom. The Kier molecular flexibility index (Phi) is 3.33. The fourth-order valence-electron chi connectivity index (χ4n) is 2.66. The Morgan fingerprint density at radius 3 is 2.86 bits per heavy atom. The van der Waals surface area contributed by atoms with E-state index in [2.05, 4.69) is 4.98 Å². The molecule has 2 heterocycles. The van der Waals surface area contributed by atoms with Gasteiger partial charge in [0.05, 0.1) is 11.4 Å². The Morgan fingerprint density at radius 2 is 2.10 bits per heavy atom. The molecule has 0 unspecified atom stereocenters. The summed E-state index contributed by atoms with van der Waals surface area (Å²) in [4.78, 5) is 3.96. The van der Waals surface area contributed by atoms with Crippen molar-refractivity contribution in [2.75, 3.05) is 16.6 Å². The van der Waals surface area contributed by atoms with Crippen molar-refractivity contribution in [3.63, 3.8) is 0 Å². The van der Waals surface area contributed by atoms with Crippen molar-refractivity contribution >= 4 is 21.4 Å². The van der Waals surface area contributed by atoms with Gasteiger partial charge in [-0.2, -0.15) is 8.42 Å². The van der Waals surface area contributed by atoms with E-state index >= 15 is 0 Å². The second-order valence-electron chi connectivity index (χ2n) is 5.21. The average molecular weight is 303 g/mol. The number of benzene rings is 1. The predicted octanol–water partition coefficient (Wildman–Crippen LogP) is 2.11. The first-order chi connectivity index (χ1) is 10.00. The van der Waals surface area contributed by atoms with Crippen LogP contribution in [-0.4, -0.2) is 19.9 Å². The molecule has 1 aliphatic heterocycles. The second kappa shape index (κ2) is 5.04. The Balaban J connectivity index is 2.12. The molecule has 2 aromatic rings. The third-order valence-corrected chi connectivity index (χ3v) is 5.44. The summed E-state index contributed by atoms with van der Waals surface area (Å²) in [5.41, 5.74) is 8.88. The summed E-state index contributed by atoms with van der Waals surface area (Å²) in [5.74, 6) is 0. The SMILES string of the molecule is Cc1ccc2c(c1)CCCN2S(=O)(=O)c1ncccc1N. The zero-order chi connectivity index (χ0) is 15.0. The molecule has 5 nitrogen and oxygen atoms in total. The van der Waals surface area contributed by atoms with Crippen molar-refractivity contribution in [3.8, 4) is 0 Å². The molecular formula is C15H17N3O2S. The van der Waals surface area contributed by atoms with Crippen LogP contribution in [0.4, 0.5) is 11.4 Å². The molecule has 1 aromatic heterocycles. The van der Waals surface area contributed by atoms with E-state index in [0.29, 0.717) is 6.54 Å². The maximum atomic E-state index is 12.8. The second-order valence-corrected chi connectivity index (χ2v) is 6.99. The number of anilines is 2. The van der Waals surface area contributed by atoms with Crippen LogP contribution in [0.5, 0.6) is 0 Å². The molecule has 3 rings (SSSR count). The van der Waals surface area contributed by atoms with Gasteiger partial charge in [-0.15, -0.1) is 0 Å². The first kappa shape index (κ1) is 13.9. The molecule has 0 radical (unpaired) electrons. The van der Waals surface area contributed by atoms with Crippen LogP contribution < -0.4 is 10.0 Å². The van der Waals surface area contributed by atoms with Gasteiger partial charge in [-0.1, -0.05) is 17.7 Å². The van der Waals surface area contributed by atoms with Crippen molar-refractivity contribution in [2.45, 2.75) is 24.8 Å². The van der Waals surface area contributed by atoms with E-state index in [0.717, 1.165) is 29.7 Å². The lowest BCUT2D eigenvalue weighted by atomic mass is 10.0. The third-order valence-electron chi connectivity index (χ3n) is 3.65. The highest BCUT2D eigenvalue weighted by atomic mass is 32.2. The van der Waals surface area contributed by atoms with E-state index < -0.39 is 10.0 Å². The fourth-order valence-corrected chi connectivity index (χ4v) is 4.24. The van der Waals surface area contributed by atoms with Gasteiger partial charge in [0.2, 0.25) is 0 Å². The summed E-state index contributed by atoms with van der Waals surface area (Å²) in [6, 6.07) is 9.01. The van der Waals surface area contributed by atoms with Gasteiger partial charge in [0, 0.05) is 12.7 Å². The quantitative estimate of drug-likeness (QED) is 0.922. The van der Waals surface area contributed by atoms with Crippen LogP contribution in [0.25, 0.3) is 0 Å². The predicted molar refractivity (Wildman–Crippen MR) is 82.7 cm³/mol. The summed E-state index contributed by atoms with van der Waals surface area (Å²) in [6.45, 7) is 2.46. The van der Waals surface area contributed by atoms with E-state index in [4.69, 9.17) is 5.73 Å². The first-order valence-corrected chi connectivity index (χ1v) is 8.27. The molecule has 0 saturated carbocycles. The molecule has 0 saturated heterocycles. The van der Waals surface area contributed by atoms with Crippen LogP contribution >= 0.6 is 0 Å². The van der Waals surface area contributed by atoms with Crippen LogP contribution in [0.3, 0.4) is 0 Å². The van der Waals surface area contributed by atoms with E-state index in [1.807, 2.05) is 25.1 Å². The number of hydrogen-bond donors (Lipinski definition) is 1. The number of aryl methyl sites for hydroxylation is 2. The molecule has 0 fully saturated rings. The standard InChI is InChI=1S/C15H17N3O2S/c1-11-6-7-14-12(10-11)4-3-9-18(14)21(19,20)15-13(16)5-2-8-17-15/h2,5-8,10H,3-4,9,16H2,1H3. The van der Waals surface area contributed by atoms with Crippen LogP contribution in [0.15, 0.2) is 41.6 Å². The zero-order valence-electron chi connectivity index (χ0n) is 11.8. The number of pyridine rings is 1. The first-order valence-electron chi connectivity index (χ1n) is 6.83. The molecule has 0 aliphatic carbocycles. The smallest absolute Gasteiger partial charge is 0.283 e. The molecule has 0 bridgehead atoms. The van der Waals surface area contributed by atoms with Crippen molar-refractivity contribution in [1.29, 1.82) is 0 Å². The van der Waals surface area contributed by atoms with Crippen LogP contribution in [0, 0.1) is 6.92 Å². The number of fused-ring (bicyclic) bond motifs is 1. The van der Waals surface area contributed by atoms with Gasteiger partial charge in [-0.05, 0) is 43.5 Å². The minimum absolute atomic E-state index is 0.0709. The lowest BCUT2D eigenvalue weighted by Crippen LogP contribution is -2.36. The summed E-state index contributed by atoms with van der Waals surface area (Å²) in [6.07, 6.45) is 3.13. The van der Waals surface area contributed by atoms with E-state index in [1.165, 1.54) is 10.5 Å². The number of sulfonamides is 1. The maximum absolute atomic E-state index is 12.8. The lowest BCUT2D eigenvalue weighted by molar-refractivity contribution is 0.583. The number of nitrogens with two attached hydrogens (primary N) is 1. The Bertz CT molecular complexity index is 787. The monoisotopic (exact) mass is 303 g/mol. The summed E-state index contributed by atoms with van der Waals surface area (Å²) in [5, 5.41) is -0.0709. The van der Waals surface area contributed by atoms with Gasteiger partial charge in [-0.25, -0.2) is 4.98 Å². The van der Waals surface area contributed by atoms with Crippen LogP contribution in [-0.2, 0) is 16.4 Å². The van der Waals surface area contributed by atoms with Crippen molar-refractivity contribution < 1.29 is 8.42 Å². The van der Waals surface area contributed by atoms with Gasteiger partial charge in [0.15, 0.2) is 5.03 Å². The van der Waals surface area contributed by atoms with Gasteiger partial charge < -0.3 is 5.73 Å². The maximum Gasteiger partial charge on any atom is 0.283 e. The molecule has 1 aliphatic rings. The minimum atomic E-state index is -3.72. The third kappa shape index (κ3) is 2.35. The van der Waals surface area contributed by atoms with Crippen molar-refractivity contribution in [3.05, 3.63) is 47.7 Å². The van der Waals surface area contributed by atoms with Crippen LogP contribution in [0.1, 0.15) is 17.5 Å². The van der Waals surface area contributed by atoms with E-state index in [9.17, 15) is 8.42 Å². The molecule has 0 amide bonds. The molecule has 6 heteroatoms. The highest BCUT2D eigenvalue weighted by molar-refractivity contribution is 7.92. The molecule has 110 valence electrons. The largest absolute Gasteiger partial charge is 0.396 e. The van der Waals surface area contributed by atoms with E-state index in [-0.39, 0.29) is 10.7 Å². The highest BCUT2D eigenvalue weighted by Gasteiger charge is 2.31. The van der Waals surface area contributed by atoms with Crippen molar-refractivity contribution in [2.24, 2.45) is 0 Å². The molecule has 21 heavy (non-hydrogen) atoms. The number of nitrogens with zero attached hydrogens (tertiary/aromatic N) is 2. The Labute approximate surface area is 124 Å². The van der Waals surface area contributed by atoms with Crippen molar-refractivity contribution in [1.82, 2.24) is 4.98 Å². The molecule has 2 N–H and O–H groups in total. The number of hydrogen-bond acceptors (Lipinski definition) is 4. The summed E-state index contributed by atoms with van der Waals surface area (Å²) in [7, 11) is -3.72. The number of rotatable bonds is 2. The van der Waals surface area contributed by atoms with Gasteiger partial charge >= 0.3 is 0 Å². The van der Waals surface area contributed by atoms with Crippen LogP contribution in [0.2, 0.25) is 0 Å². The normalized spacial score (nSPS) is 14.8.